The van der Waals surface area contributed by atoms with E-state index in [-0.39, 0.29) is 21.7 Å². The predicted octanol–water partition coefficient (Wildman–Crippen LogP) is 3.02. The van der Waals surface area contributed by atoms with Crippen LogP contribution < -0.4 is 5.32 Å². The summed E-state index contributed by atoms with van der Waals surface area (Å²) in [4.78, 5) is 13.0. The van der Waals surface area contributed by atoms with E-state index in [1.54, 1.807) is 11.4 Å². The van der Waals surface area contributed by atoms with E-state index < -0.39 is 10.0 Å². The summed E-state index contributed by atoms with van der Waals surface area (Å²) in [5.41, 5.74) is 2.23. The van der Waals surface area contributed by atoms with Gasteiger partial charge in [-0.1, -0.05) is 24.3 Å². The molecule has 1 aliphatic heterocycles. The lowest BCUT2D eigenvalue weighted by Crippen LogP contribution is -2.38. The highest BCUT2D eigenvalue weighted by molar-refractivity contribution is 7.89. The molecule has 2 heterocycles. The summed E-state index contributed by atoms with van der Waals surface area (Å²) in [6.07, 6.45) is 2.95. The molecule has 2 aliphatic rings. The Balaban J connectivity index is 1.57. The molecule has 1 aromatic heterocycles. The molecule has 1 unspecified atom stereocenters. The second-order valence-electron chi connectivity index (χ2n) is 7.07. The van der Waals surface area contributed by atoms with Crippen molar-refractivity contribution in [3.8, 4) is 0 Å². The Kier molecular flexibility index (Phi) is 4.62. The minimum atomic E-state index is -3.69. The monoisotopic (exact) mass is 390 g/mol. The van der Waals surface area contributed by atoms with E-state index in [0.717, 1.165) is 18.4 Å². The average molecular weight is 391 g/mol. The zero-order valence-corrected chi connectivity index (χ0v) is 16.3. The number of hydrogen-bond donors (Lipinski definition) is 1. The summed E-state index contributed by atoms with van der Waals surface area (Å²) >= 11 is 1.19. The van der Waals surface area contributed by atoms with Crippen molar-refractivity contribution >= 4 is 27.3 Å². The molecule has 1 aromatic carbocycles. The van der Waals surface area contributed by atoms with Gasteiger partial charge < -0.3 is 5.32 Å². The van der Waals surface area contributed by atoms with Crippen LogP contribution in [0.1, 0.15) is 40.6 Å². The molecular formula is C19H22N2O3S2. The Morgan fingerprint density at radius 1 is 1.23 bits per heavy atom. The van der Waals surface area contributed by atoms with E-state index in [2.05, 4.69) is 5.32 Å². The fourth-order valence-electron chi connectivity index (χ4n) is 3.47. The van der Waals surface area contributed by atoms with Crippen LogP contribution in [0.4, 0.5) is 0 Å². The maximum Gasteiger partial charge on any atom is 0.262 e. The number of rotatable bonds is 5. The van der Waals surface area contributed by atoms with Gasteiger partial charge in [0, 0.05) is 19.1 Å². The van der Waals surface area contributed by atoms with Gasteiger partial charge in [0.15, 0.2) is 0 Å². The van der Waals surface area contributed by atoms with E-state index in [0.29, 0.717) is 25.4 Å². The molecule has 0 saturated heterocycles. The highest BCUT2D eigenvalue weighted by Crippen LogP contribution is 2.33. The number of benzene rings is 1. The van der Waals surface area contributed by atoms with Gasteiger partial charge in [0.25, 0.3) is 5.91 Å². The molecule has 2 aromatic rings. The number of amides is 1. The summed E-state index contributed by atoms with van der Waals surface area (Å²) in [5, 5.41) is 4.65. The smallest absolute Gasteiger partial charge is 0.262 e. The van der Waals surface area contributed by atoms with Crippen molar-refractivity contribution in [2.75, 3.05) is 6.54 Å². The molecule has 1 atom stereocenters. The van der Waals surface area contributed by atoms with E-state index in [9.17, 15) is 13.2 Å². The maximum atomic E-state index is 13.2. The van der Waals surface area contributed by atoms with Crippen LogP contribution in [0.25, 0.3) is 0 Å². The first-order valence-corrected chi connectivity index (χ1v) is 11.2. The summed E-state index contributed by atoms with van der Waals surface area (Å²) in [6.45, 7) is 2.78. The van der Waals surface area contributed by atoms with Gasteiger partial charge in [-0.15, -0.1) is 11.3 Å². The van der Waals surface area contributed by atoms with E-state index in [1.807, 2.05) is 31.2 Å². The largest absolute Gasteiger partial charge is 0.349 e. The molecule has 1 N–H and O–H groups in total. The van der Waals surface area contributed by atoms with Gasteiger partial charge >= 0.3 is 0 Å². The Bertz CT molecular complexity index is 932. The SMILES string of the molecule is CC(NC(=O)c1sccc1S(=O)(=O)N1CCc2ccccc2C1)C1CC1. The second-order valence-corrected chi connectivity index (χ2v) is 9.89. The maximum absolute atomic E-state index is 13.2. The molecule has 26 heavy (non-hydrogen) atoms. The normalized spacial score (nSPS) is 19.0. The third kappa shape index (κ3) is 3.31. The van der Waals surface area contributed by atoms with Gasteiger partial charge in [0.2, 0.25) is 10.0 Å². The summed E-state index contributed by atoms with van der Waals surface area (Å²) in [5.74, 6) is 0.243. The second kappa shape index (κ2) is 6.79. The zero-order valence-electron chi connectivity index (χ0n) is 14.6. The molecule has 0 spiro atoms. The highest BCUT2D eigenvalue weighted by atomic mass is 32.2. The van der Waals surface area contributed by atoms with Gasteiger partial charge in [-0.05, 0) is 54.7 Å². The van der Waals surface area contributed by atoms with Crippen molar-refractivity contribution in [2.45, 2.75) is 43.7 Å². The molecule has 0 bridgehead atoms. The summed E-state index contributed by atoms with van der Waals surface area (Å²) in [7, 11) is -3.69. The number of nitrogens with one attached hydrogen (secondary N) is 1. The minimum absolute atomic E-state index is 0.0852. The van der Waals surface area contributed by atoms with E-state index in [4.69, 9.17) is 0 Å². The molecule has 1 aliphatic carbocycles. The fraction of sp³-hybridized carbons (Fsp3) is 0.421. The van der Waals surface area contributed by atoms with Crippen molar-refractivity contribution in [1.29, 1.82) is 0 Å². The van der Waals surface area contributed by atoms with Crippen LogP contribution in [0.2, 0.25) is 0 Å². The number of nitrogens with zero attached hydrogens (tertiary/aromatic N) is 1. The standard InChI is InChI=1S/C19H22N2O3S2/c1-13(14-6-7-14)20-19(22)18-17(9-11-25-18)26(23,24)21-10-8-15-4-2-3-5-16(15)12-21/h2-5,9,11,13-14H,6-8,10,12H2,1H3,(H,20,22). The first kappa shape index (κ1) is 17.7. The molecule has 1 saturated carbocycles. The fourth-order valence-corrected chi connectivity index (χ4v) is 6.19. The molecule has 1 fully saturated rings. The number of carbonyl (C=O) groups is 1. The van der Waals surface area contributed by atoms with Gasteiger partial charge in [-0.3, -0.25) is 4.79 Å². The van der Waals surface area contributed by atoms with Crippen LogP contribution in [-0.2, 0) is 23.0 Å². The first-order chi connectivity index (χ1) is 12.5. The van der Waals surface area contributed by atoms with Crippen LogP contribution in [0.3, 0.4) is 0 Å². The third-order valence-electron chi connectivity index (χ3n) is 5.24. The molecule has 138 valence electrons. The minimum Gasteiger partial charge on any atom is -0.349 e. The van der Waals surface area contributed by atoms with Gasteiger partial charge in [0.05, 0.1) is 0 Å². The van der Waals surface area contributed by atoms with Crippen molar-refractivity contribution < 1.29 is 13.2 Å². The first-order valence-electron chi connectivity index (χ1n) is 8.92. The Labute approximate surface area is 158 Å². The molecule has 1 amide bonds. The molecule has 4 rings (SSSR count). The number of fused-ring (bicyclic) bond motifs is 1. The van der Waals surface area contributed by atoms with E-state index >= 15 is 0 Å². The van der Waals surface area contributed by atoms with Gasteiger partial charge in [0.1, 0.15) is 9.77 Å². The van der Waals surface area contributed by atoms with Gasteiger partial charge in [-0.25, -0.2) is 8.42 Å². The molecular weight excluding hydrogens is 368 g/mol. The molecule has 7 heteroatoms. The number of sulfonamides is 1. The van der Waals surface area contributed by atoms with Crippen molar-refractivity contribution in [2.24, 2.45) is 5.92 Å². The lowest BCUT2D eigenvalue weighted by molar-refractivity contribution is 0.0936. The number of hydrogen-bond acceptors (Lipinski definition) is 4. The molecule has 0 radical (unpaired) electrons. The number of thiophene rings is 1. The molecule has 5 nitrogen and oxygen atoms in total. The van der Waals surface area contributed by atoms with Crippen molar-refractivity contribution in [3.63, 3.8) is 0 Å². The Morgan fingerprint density at radius 2 is 1.96 bits per heavy atom. The Morgan fingerprint density at radius 3 is 2.69 bits per heavy atom. The summed E-state index contributed by atoms with van der Waals surface area (Å²) in [6, 6.07) is 9.56. The zero-order chi connectivity index (χ0) is 18.3. The predicted molar refractivity (Wildman–Crippen MR) is 102 cm³/mol. The van der Waals surface area contributed by atoms with Gasteiger partial charge in [-0.2, -0.15) is 4.31 Å². The Hall–Kier alpha value is -1.70. The topological polar surface area (TPSA) is 66.5 Å². The summed E-state index contributed by atoms with van der Waals surface area (Å²) < 4.78 is 27.8. The van der Waals surface area contributed by atoms with E-state index in [1.165, 1.54) is 21.2 Å². The van der Waals surface area contributed by atoms with Crippen molar-refractivity contribution in [1.82, 2.24) is 9.62 Å². The highest BCUT2D eigenvalue weighted by Gasteiger charge is 2.34. The van der Waals surface area contributed by atoms with Crippen LogP contribution >= 0.6 is 11.3 Å². The van der Waals surface area contributed by atoms with Crippen LogP contribution in [0.15, 0.2) is 40.6 Å². The van der Waals surface area contributed by atoms with Crippen LogP contribution in [0.5, 0.6) is 0 Å². The number of carbonyl (C=O) groups excluding carboxylic acids is 1. The van der Waals surface area contributed by atoms with Crippen LogP contribution in [-0.4, -0.2) is 31.2 Å². The quantitative estimate of drug-likeness (QED) is 0.853. The average Bonchev–Trinajstić information content (AvgIpc) is 3.37. The lowest BCUT2D eigenvalue weighted by atomic mass is 10.0. The van der Waals surface area contributed by atoms with Crippen LogP contribution in [0, 0.1) is 5.92 Å². The van der Waals surface area contributed by atoms with Crippen molar-refractivity contribution in [3.05, 3.63) is 51.7 Å². The third-order valence-corrected chi connectivity index (χ3v) is 8.17. The lowest BCUT2D eigenvalue weighted by Gasteiger charge is -2.28.